The van der Waals surface area contributed by atoms with Gasteiger partial charge in [0.1, 0.15) is 10.0 Å². The lowest BCUT2D eigenvalue weighted by atomic mass is 10.3. The summed E-state index contributed by atoms with van der Waals surface area (Å²) >= 11 is 7.38. The molecule has 0 bridgehead atoms. The molecule has 1 aromatic heterocycles. The second-order valence-corrected chi connectivity index (χ2v) is 5.01. The Morgan fingerprint density at radius 2 is 2.33 bits per heavy atom. The molecule has 0 amide bonds. The lowest BCUT2D eigenvalue weighted by Crippen LogP contribution is -1.99. The molecule has 0 saturated carbocycles. The topological polar surface area (TPSA) is 68.1 Å². The third-order valence-corrected chi connectivity index (χ3v) is 3.52. The lowest BCUT2D eigenvalue weighted by Gasteiger charge is -2.04. The van der Waals surface area contributed by atoms with Gasteiger partial charge in [-0.1, -0.05) is 11.6 Å². The first-order valence-corrected chi connectivity index (χ1v) is 6.41. The Labute approximate surface area is 113 Å². The van der Waals surface area contributed by atoms with Gasteiger partial charge in [0.05, 0.1) is 11.5 Å². The van der Waals surface area contributed by atoms with Gasteiger partial charge in [0.15, 0.2) is 0 Å². The maximum absolute atomic E-state index is 10.6. The quantitative estimate of drug-likeness (QED) is 0.687. The Hall–Kier alpha value is -1.66. The Morgan fingerprint density at radius 3 is 2.89 bits per heavy atom. The van der Waals surface area contributed by atoms with Gasteiger partial charge in [-0.2, -0.15) is 0 Å². The second-order valence-electron chi connectivity index (χ2n) is 3.66. The van der Waals surface area contributed by atoms with Crippen LogP contribution < -0.4 is 5.32 Å². The standard InChI is InChI=1S/C11H10ClN3O2S/c1-7-6-18-11(14-7)5-13-8-2-3-10(15(16)17)9(12)4-8/h2-4,6,13H,5H2,1H3. The number of aromatic nitrogens is 1. The van der Waals surface area contributed by atoms with Gasteiger partial charge in [-0.25, -0.2) is 4.98 Å². The highest BCUT2D eigenvalue weighted by atomic mass is 35.5. The van der Waals surface area contributed by atoms with Crippen molar-refractivity contribution in [2.45, 2.75) is 13.5 Å². The van der Waals surface area contributed by atoms with Crippen LogP contribution in [-0.2, 0) is 6.54 Å². The summed E-state index contributed by atoms with van der Waals surface area (Å²) in [6.45, 7) is 2.51. The van der Waals surface area contributed by atoms with Crippen LogP contribution in [0.15, 0.2) is 23.6 Å². The minimum absolute atomic E-state index is 0.0905. The first-order valence-electron chi connectivity index (χ1n) is 5.15. The van der Waals surface area contributed by atoms with Crippen LogP contribution in [0, 0.1) is 17.0 Å². The highest BCUT2D eigenvalue weighted by Crippen LogP contribution is 2.27. The van der Waals surface area contributed by atoms with Crippen molar-refractivity contribution in [1.29, 1.82) is 0 Å². The maximum Gasteiger partial charge on any atom is 0.288 e. The molecule has 94 valence electrons. The van der Waals surface area contributed by atoms with Crippen molar-refractivity contribution in [1.82, 2.24) is 4.98 Å². The smallest absolute Gasteiger partial charge is 0.288 e. The van der Waals surface area contributed by atoms with Gasteiger partial charge in [-0.05, 0) is 19.1 Å². The van der Waals surface area contributed by atoms with Crippen LogP contribution in [0.5, 0.6) is 0 Å². The molecule has 2 aromatic rings. The summed E-state index contributed by atoms with van der Waals surface area (Å²) in [6.07, 6.45) is 0. The molecule has 2 rings (SSSR count). The molecule has 0 saturated heterocycles. The largest absolute Gasteiger partial charge is 0.378 e. The molecular weight excluding hydrogens is 274 g/mol. The van der Waals surface area contributed by atoms with Crippen molar-refractivity contribution in [3.05, 3.63) is 49.4 Å². The molecule has 1 heterocycles. The fraction of sp³-hybridized carbons (Fsp3) is 0.182. The minimum Gasteiger partial charge on any atom is -0.378 e. The van der Waals surface area contributed by atoms with Gasteiger partial charge in [-0.3, -0.25) is 10.1 Å². The molecule has 5 nitrogen and oxygen atoms in total. The molecule has 18 heavy (non-hydrogen) atoms. The van der Waals surface area contributed by atoms with E-state index in [0.717, 1.165) is 16.4 Å². The van der Waals surface area contributed by atoms with Crippen LogP contribution in [0.2, 0.25) is 5.02 Å². The Balaban J connectivity index is 2.06. The second kappa shape index (κ2) is 5.32. The predicted octanol–water partition coefficient (Wildman–Crippen LogP) is 3.63. The number of rotatable bonds is 4. The molecule has 0 spiro atoms. The summed E-state index contributed by atoms with van der Waals surface area (Å²) in [4.78, 5) is 14.4. The van der Waals surface area contributed by atoms with Crippen LogP contribution in [0.1, 0.15) is 10.7 Å². The van der Waals surface area contributed by atoms with Crippen LogP contribution in [0.25, 0.3) is 0 Å². The van der Waals surface area contributed by atoms with Gasteiger partial charge in [0, 0.05) is 22.8 Å². The fourth-order valence-corrected chi connectivity index (χ4v) is 2.39. The van der Waals surface area contributed by atoms with Gasteiger partial charge in [0.25, 0.3) is 5.69 Å². The fourth-order valence-electron chi connectivity index (χ4n) is 1.43. The van der Waals surface area contributed by atoms with E-state index < -0.39 is 4.92 Å². The molecule has 1 N–H and O–H groups in total. The number of nitro benzene ring substituents is 1. The maximum atomic E-state index is 10.6. The number of benzene rings is 1. The third-order valence-electron chi connectivity index (χ3n) is 2.25. The van der Waals surface area contributed by atoms with E-state index in [-0.39, 0.29) is 10.7 Å². The zero-order chi connectivity index (χ0) is 13.1. The summed E-state index contributed by atoms with van der Waals surface area (Å²) in [7, 11) is 0. The van der Waals surface area contributed by atoms with E-state index in [2.05, 4.69) is 10.3 Å². The van der Waals surface area contributed by atoms with Gasteiger partial charge in [0.2, 0.25) is 0 Å². The van der Waals surface area contributed by atoms with Crippen LogP contribution in [0.3, 0.4) is 0 Å². The van der Waals surface area contributed by atoms with E-state index in [1.54, 1.807) is 23.5 Å². The summed E-state index contributed by atoms with van der Waals surface area (Å²) < 4.78 is 0. The number of nitro groups is 1. The third kappa shape index (κ3) is 2.96. The van der Waals surface area contributed by atoms with Crippen LogP contribution in [-0.4, -0.2) is 9.91 Å². The molecule has 0 radical (unpaired) electrons. The zero-order valence-corrected chi connectivity index (χ0v) is 11.1. The van der Waals surface area contributed by atoms with Crippen molar-refractivity contribution >= 4 is 34.3 Å². The first-order chi connectivity index (χ1) is 8.56. The predicted molar refractivity (Wildman–Crippen MR) is 72.3 cm³/mol. The summed E-state index contributed by atoms with van der Waals surface area (Å²) in [5.74, 6) is 0. The van der Waals surface area contributed by atoms with Crippen LogP contribution >= 0.6 is 22.9 Å². The molecule has 1 aromatic carbocycles. The number of thiazole rings is 1. The molecule has 0 aliphatic carbocycles. The van der Waals surface area contributed by atoms with Crippen molar-refractivity contribution in [3.63, 3.8) is 0 Å². The molecule has 0 fully saturated rings. The SMILES string of the molecule is Cc1csc(CNc2ccc([N+](=O)[O-])c(Cl)c2)n1. The van der Waals surface area contributed by atoms with E-state index in [1.165, 1.54) is 6.07 Å². The van der Waals surface area contributed by atoms with E-state index in [1.807, 2.05) is 12.3 Å². The molecular formula is C11H10ClN3O2S. The molecule has 0 unspecified atom stereocenters. The van der Waals surface area contributed by atoms with E-state index in [9.17, 15) is 10.1 Å². The minimum atomic E-state index is -0.504. The van der Waals surface area contributed by atoms with E-state index in [0.29, 0.717) is 6.54 Å². The molecule has 0 aliphatic heterocycles. The summed E-state index contributed by atoms with van der Waals surface area (Å²) in [5.41, 5.74) is 1.63. The number of hydrogen-bond acceptors (Lipinski definition) is 5. The van der Waals surface area contributed by atoms with Crippen LogP contribution in [0.4, 0.5) is 11.4 Å². The first kappa shape index (κ1) is 12.8. The van der Waals surface area contributed by atoms with Gasteiger partial charge < -0.3 is 5.32 Å². The van der Waals surface area contributed by atoms with Gasteiger partial charge in [-0.15, -0.1) is 11.3 Å². The number of nitrogens with zero attached hydrogens (tertiary/aromatic N) is 2. The highest BCUT2D eigenvalue weighted by molar-refractivity contribution is 7.09. The zero-order valence-electron chi connectivity index (χ0n) is 9.51. The molecule has 0 aliphatic rings. The lowest BCUT2D eigenvalue weighted by molar-refractivity contribution is -0.384. The number of anilines is 1. The van der Waals surface area contributed by atoms with E-state index in [4.69, 9.17) is 11.6 Å². The number of halogens is 1. The number of nitrogens with one attached hydrogen (secondary N) is 1. The Kier molecular flexibility index (Phi) is 3.78. The summed E-state index contributed by atoms with van der Waals surface area (Å²) in [5, 5.41) is 16.8. The number of aryl methyl sites for hydroxylation is 1. The molecule has 7 heteroatoms. The van der Waals surface area contributed by atoms with E-state index >= 15 is 0 Å². The number of hydrogen-bond donors (Lipinski definition) is 1. The van der Waals surface area contributed by atoms with Crippen molar-refractivity contribution in [2.24, 2.45) is 0 Å². The summed E-state index contributed by atoms with van der Waals surface area (Å²) in [6, 6.07) is 4.56. The van der Waals surface area contributed by atoms with Crippen molar-refractivity contribution in [3.8, 4) is 0 Å². The van der Waals surface area contributed by atoms with Crippen molar-refractivity contribution < 1.29 is 4.92 Å². The highest BCUT2D eigenvalue weighted by Gasteiger charge is 2.11. The normalized spacial score (nSPS) is 10.3. The average Bonchev–Trinajstić information content (AvgIpc) is 2.72. The van der Waals surface area contributed by atoms with Crippen molar-refractivity contribution in [2.75, 3.05) is 5.32 Å². The average molecular weight is 284 g/mol. The molecule has 0 atom stereocenters. The monoisotopic (exact) mass is 283 g/mol. The van der Waals surface area contributed by atoms with Gasteiger partial charge >= 0.3 is 0 Å². The Bertz CT molecular complexity index is 585. The Morgan fingerprint density at radius 1 is 1.56 bits per heavy atom.